The van der Waals surface area contributed by atoms with Crippen molar-refractivity contribution < 1.29 is 9.84 Å². The third-order valence-electron chi connectivity index (χ3n) is 4.25. The SMILES string of the molecule is COc1cccc(-c2nc3c(C)cccn3c2N=Nc2cccc(O)c2)c1. The topological polar surface area (TPSA) is 71.5 Å². The number of benzene rings is 2. The maximum atomic E-state index is 9.64. The molecular formula is C21H18N4O2. The highest BCUT2D eigenvalue weighted by Crippen LogP contribution is 2.34. The van der Waals surface area contributed by atoms with Crippen molar-refractivity contribution >= 4 is 17.2 Å². The molecule has 4 aromatic rings. The van der Waals surface area contributed by atoms with Gasteiger partial charge in [0.2, 0.25) is 0 Å². The molecule has 1 N–H and O–H groups in total. The van der Waals surface area contributed by atoms with E-state index in [1.165, 1.54) is 0 Å². The maximum absolute atomic E-state index is 9.64. The molecule has 0 spiro atoms. The molecule has 0 unspecified atom stereocenters. The molecule has 4 rings (SSSR count). The third-order valence-corrected chi connectivity index (χ3v) is 4.25. The normalized spacial score (nSPS) is 11.3. The first kappa shape index (κ1) is 16.8. The average Bonchev–Trinajstić information content (AvgIpc) is 3.06. The molecule has 0 saturated carbocycles. The Balaban J connectivity index is 1.90. The first-order valence-electron chi connectivity index (χ1n) is 8.48. The van der Waals surface area contributed by atoms with Gasteiger partial charge in [0, 0.05) is 17.8 Å². The van der Waals surface area contributed by atoms with E-state index in [0.717, 1.165) is 22.5 Å². The second-order valence-electron chi connectivity index (χ2n) is 6.12. The van der Waals surface area contributed by atoms with Gasteiger partial charge in [-0.3, -0.25) is 4.40 Å². The van der Waals surface area contributed by atoms with Gasteiger partial charge < -0.3 is 9.84 Å². The standard InChI is InChI=1S/C21H18N4O2/c1-14-6-5-11-25-20(14)22-19(15-7-3-10-18(12-15)27-2)21(25)24-23-16-8-4-9-17(26)13-16/h3-13,26H,1-2H3. The van der Waals surface area contributed by atoms with Crippen LogP contribution >= 0.6 is 0 Å². The van der Waals surface area contributed by atoms with E-state index in [-0.39, 0.29) is 5.75 Å². The van der Waals surface area contributed by atoms with E-state index in [4.69, 9.17) is 9.72 Å². The molecule has 2 heterocycles. The summed E-state index contributed by atoms with van der Waals surface area (Å²) in [5.74, 6) is 1.51. The first-order chi connectivity index (χ1) is 13.2. The molecule has 6 heteroatoms. The van der Waals surface area contributed by atoms with Crippen LogP contribution in [0, 0.1) is 6.92 Å². The third kappa shape index (κ3) is 3.25. The number of imidazole rings is 1. The van der Waals surface area contributed by atoms with Crippen LogP contribution in [0.1, 0.15) is 5.56 Å². The van der Waals surface area contributed by atoms with Crippen LogP contribution < -0.4 is 4.74 Å². The van der Waals surface area contributed by atoms with Crippen LogP contribution in [0.4, 0.5) is 11.5 Å². The fraction of sp³-hybridized carbons (Fsp3) is 0.0952. The minimum atomic E-state index is 0.147. The number of fused-ring (bicyclic) bond motifs is 1. The molecule has 0 aliphatic heterocycles. The molecule has 0 fully saturated rings. The summed E-state index contributed by atoms with van der Waals surface area (Å²) in [6, 6.07) is 18.3. The van der Waals surface area contributed by atoms with Gasteiger partial charge in [0.25, 0.3) is 0 Å². The Hall–Kier alpha value is -3.67. The zero-order valence-corrected chi connectivity index (χ0v) is 15.0. The number of aromatic nitrogens is 2. The van der Waals surface area contributed by atoms with Crippen molar-refractivity contribution in [1.29, 1.82) is 0 Å². The predicted octanol–water partition coefficient (Wildman–Crippen LogP) is 5.44. The summed E-state index contributed by atoms with van der Waals surface area (Å²) < 4.78 is 7.25. The lowest BCUT2D eigenvalue weighted by Crippen LogP contribution is -1.85. The Morgan fingerprint density at radius 1 is 1.00 bits per heavy atom. The van der Waals surface area contributed by atoms with E-state index in [1.54, 1.807) is 31.4 Å². The highest BCUT2D eigenvalue weighted by molar-refractivity contribution is 5.76. The van der Waals surface area contributed by atoms with E-state index >= 15 is 0 Å². The van der Waals surface area contributed by atoms with E-state index < -0.39 is 0 Å². The lowest BCUT2D eigenvalue weighted by atomic mass is 10.1. The smallest absolute Gasteiger partial charge is 0.187 e. The lowest BCUT2D eigenvalue weighted by molar-refractivity contribution is 0.415. The summed E-state index contributed by atoms with van der Waals surface area (Å²) in [5.41, 5.74) is 4.03. The minimum Gasteiger partial charge on any atom is -0.508 e. The zero-order chi connectivity index (χ0) is 18.8. The second-order valence-corrected chi connectivity index (χ2v) is 6.12. The number of hydrogen-bond acceptors (Lipinski definition) is 5. The number of aryl methyl sites for hydroxylation is 1. The predicted molar refractivity (Wildman–Crippen MR) is 104 cm³/mol. The molecule has 0 bridgehead atoms. The number of nitrogens with zero attached hydrogens (tertiary/aromatic N) is 4. The highest BCUT2D eigenvalue weighted by atomic mass is 16.5. The fourth-order valence-corrected chi connectivity index (χ4v) is 2.91. The highest BCUT2D eigenvalue weighted by Gasteiger charge is 2.15. The second kappa shape index (κ2) is 6.92. The molecule has 27 heavy (non-hydrogen) atoms. The number of phenols is 1. The van der Waals surface area contributed by atoms with E-state index in [0.29, 0.717) is 17.2 Å². The average molecular weight is 358 g/mol. The van der Waals surface area contributed by atoms with Crippen LogP contribution in [-0.4, -0.2) is 21.6 Å². The Bertz CT molecular complexity index is 1150. The summed E-state index contributed by atoms with van der Waals surface area (Å²) in [7, 11) is 1.63. The Kier molecular flexibility index (Phi) is 4.30. The van der Waals surface area contributed by atoms with Crippen LogP contribution in [0.15, 0.2) is 77.1 Å². The van der Waals surface area contributed by atoms with Gasteiger partial charge in [-0.05, 0) is 42.8 Å². The van der Waals surface area contributed by atoms with Gasteiger partial charge in [-0.2, -0.15) is 0 Å². The van der Waals surface area contributed by atoms with Crippen molar-refractivity contribution in [3.63, 3.8) is 0 Å². The van der Waals surface area contributed by atoms with Crippen LogP contribution in [0.3, 0.4) is 0 Å². The van der Waals surface area contributed by atoms with Crippen molar-refractivity contribution in [3.05, 3.63) is 72.4 Å². The number of pyridine rings is 1. The number of hydrogen-bond donors (Lipinski definition) is 1. The van der Waals surface area contributed by atoms with Crippen molar-refractivity contribution in [2.75, 3.05) is 7.11 Å². The number of phenolic OH excluding ortho intramolecular Hbond substituents is 1. The maximum Gasteiger partial charge on any atom is 0.187 e. The number of methoxy groups -OCH3 is 1. The van der Waals surface area contributed by atoms with Gasteiger partial charge in [-0.15, -0.1) is 10.2 Å². The van der Waals surface area contributed by atoms with E-state index in [1.807, 2.05) is 53.9 Å². The molecule has 6 nitrogen and oxygen atoms in total. The molecule has 0 saturated heterocycles. The quantitative estimate of drug-likeness (QED) is 0.494. The minimum absolute atomic E-state index is 0.147. The van der Waals surface area contributed by atoms with Crippen molar-refractivity contribution in [3.8, 4) is 22.8 Å². The van der Waals surface area contributed by atoms with Gasteiger partial charge in [-0.1, -0.05) is 24.3 Å². The molecule has 0 aliphatic rings. The Morgan fingerprint density at radius 3 is 2.67 bits per heavy atom. The molecule has 0 radical (unpaired) electrons. The summed E-state index contributed by atoms with van der Waals surface area (Å²) in [5, 5.41) is 18.4. The molecule has 134 valence electrons. The summed E-state index contributed by atoms with van der Waals surface area (Å²) in [6.07, 6.45) is 1.91. The van der Waals surface area contributed by atoms with Crippen LogP contribution in [-0.2, 0) is 0 Å². The molecule has 0 aliphatic carbocycles. The van der Waals surface area contributed by atoms with E-state index in [9.17, 15) is 5.11 Å². The van der Waals surface area contributed by atoms with Crippen molar-refractivity contribution in [2.24, 2.45) is 10.2 Å². The summed E-state index contributed by atoms with van der Waals surface area (Å²) in [6.45, 7) is 2.01. The van der Waals surface area contributed by atoms with Gasteiger partial charge in [-0.25, -0.2) is 4.98 Å². The van der Waals surface area contributed by atoms with Gasteiger partial charge in [0.05, 0.1) is 12.8 Å². The van der Waals surface area contributed by atoms with Crippen LogP contribution in [0.5, 0.6) is 11.5 Å². The largest absolute Gasteiger partial charge is 0.508 e. The Labute approximate surface area is 156 Å². The lowest BCUT2D eigenvalue weighted by Gasteiger charge is -2.03. The summed E-state index contributed by atoms with van der Waals surface area (Å²) >= 11 is 0. The summed E-state index contributed by atoms with van der Waals surface area (Å²) in [4.78, 5) is 4.79. The number of ether oxygens (including phenoxy) is 1. The van der Waals surface area contributed by atoms with E-state index in [2.05, 4.69) is 10.2 Å². The van der Waals surface area contributed by atoms with Crippen molar-refractivity contribution in [1.82, 2.24) is 9.38 Å². The van der Waals surface area contributed by atoms with Gasteiger partial charge in [0.1, 0.15) is 22.8 Å². The molecule has 2 aromatic heterocycles. The Morgan fingerprint density at radius 2 is 1.85 bits per heavy atom. The monoisotopic (exact) mass is 358 g/mol. The molecular weight excluding hydrogens is 340 g/mol. The molecule has 2 aromatic carbocycles. The zero-order valence-electron chi connectivity index (χ0n) is 15.0. The number of rotatable bonds is 4. The van der Waals surface area contributed by atoms with Crippen LogP contribution in [0.2, 0.25) is 0 Å². The van der Waals surface area contributed by atoms with Crippen LogP contribution in [0.25, 0.3) is 16.9 Å². The van der Waals surface area contributed by atoms with Crippen molar-refractivity contribution in [2.45, 2.75) is 6.92 Å². The first-order valence-corrected chi connectivity index (χ1v) is 8.48. The molecule has 0 amide bonds. The number of azo groups is 1. The van der Waals surface area contributed by atoms with Gasteiger partial charge >= 0.3 is 0 Å². The fourth-order valence-electron chi connectivity index (χ4n) is 2.91. The number of aromatic hydroxyl groups is 1. The molecule has 0 atom stereocenters. The van der Waals surface area contributed by atoms with Gasteiger partial charge in [0.15, 0.2) is 5.82 Å².